The molecular weight excluding hydrogens is 235 g/mol. The van der Waals surface area contributed by atoms with Gasteiger partial charge in [0.05, 0.1) is 10.9 Å². The molecule has 0 aliphatic carbocycles. The topological polar surface area (TPSA) is 35.5 Å². The lowest BCUT2D eigenvalue weighted by atomic mass is 9.89. The van der Waals surface area contributed by atoms with Crippen molar-refractivity contribution in [1.29, 1.82) is 0 Å². The fourth-order valence-corrected chi connectivity index (χ4v) is 2.67. The van der Waals surface area contributed by atoms with E-state index in [1.165, 1.54) is 6.92 Å². The molecule has 3 nitrogen and oxygen atoms in total. The fraction of sp³-hybridized carbons (Fsp3) is 0.875. The van der Waals surface area contributed by atoms with Gasteiger partial charge in [-0.15, -0.1) is 0 Å². The van der Waals surface area contributed by atoms with E-state index >= 15 is 0 Å². The number of halogens is 1. The third kappa shape index (κ3) is 2.99. The number of hydrogen-bond donors (Lipinski definition) is 0. The molecule has 1 heterocycles. The predicted octanol–water partition coefficient (Wildman–Crippen LogP) is 0.450. The normalized spacial score (nSPS) is 39.9. The van der Waals surface area contributed by atoms with Crippen LogP contribution in [0, 0.1) is 0 Å². The summed E-state index contributed by atoms with van der Waals surface area (Å²) in [7, 11) is 2.02. The highest BCUT2D eigenvalue weighted by Crippen LogP contribution is 2.26. The van der Waals surface area contributed by atoms with E-state index in [9.17, 15) is 4.79 Å². The molecule has 13 heavy (non-hydrogen) atoms. The molecule has 0 aromatic rings. The van der Waals surface area contributed by atoms with Gasteiger partial charge in [-0.2, -0.15) is 0 Å². The summed E-state index contributed by atoms with van der Waals surface area (Å²) in [5.74, 6) is -0.251. The zero-order valence-electron chi connectivity index (χ0n) is 8.12. The Balaban J connectivity index is 2.56. The molecule has 0 aromatic carbocycles. The Hall–Kier alpha value is -0.0251. The average molecular weight is 249 g/mol. The third-order valence-corrected chi connectivity index (χ3v) is 3.02. The molecule has 4 unspecified atom stereocenters. The van der Waals surface area contributed by atoms with Crippen molar-refractivity contribution >= 4 is 29.7 Å². The van der Waals surface area contributed by atoms with E-state index in [0.717, 1.165) is 6.42 Å². The monoisotopic (exact) mass is 248 g/mol. The maximum atomic E-state index is 10.8. The van der Waals surface area contributed by atoms with Crippen LogP contribution in [0.5, 0.6) is 0 Å². The molecule has 1 saturated heterocycles. The smallest absolute Gasteiger partial charge is 0.303 e. The lowest BCUT2D eigenvalue weighted by Crippen LogP contribution is -2.46. The predicted molar refractivity (Wildman–Crippen MR) is 55.8 cm³/mol. The van der Waals surface area contributed by atoms with E-state index in [1.54, 1.807) is 0 Å². The number of esters is 1. The molecule has 74 valence electrons. The van der Waals surface area contributed by atoms with Gasteiger partial charge in [0.1, 0.15) is 14.0 Å². The highest BCUT2D eigenvalue weighted by molar-refractivity contribution is 9.09. The lowest BCUT2D eigenvalue weighted by molar-refractivity contribution is -0.160. The van der Waals surface area contributed by atoms with Gasteiger partial charge in [-0.25, -0.2) is 0 Å². The van der Waals surface area contributed by atoms with E-state index in [0.29, 0.717) is 0 Å². The fourth-order valence-electron chi connectivity index (χ4n) is 1.61. The molecule has 0 aromatic heterocycles. The number of ether oxygens (including phenoxy) is 2. The largest absolute Gasteiger partial charge is 0.459 e. The molecular formula is C8H14BBrO3. The Kier molecular flexibility index (Phi) is 3.80. The molecule has 0 bridgehead atoms. The van der Waals surface area contributed by atoms with Crippen LogP contribution in [-0.2, 0) is 14.3 Å². The third-order valence-electron chi connectivity index (χ3n) is 2.13. The van der Waals surface area contributed by atoms with E-state index < -0.39 is 0 Å². The Bertz CT molecular complexity index is 188. The Morgan fingerprint density at radius 2 is 2.31 bits per heavy atom. The van der Waals surface area contributed by atoms with Gasteiger partial charge in [-0.3, -0.25) is 4.79 Å². The molecule has 0 amide bonds. The van der Waals surface area contributed by atoms with Gasteiger partial charge in [-0.05, 0) is 13.3 Å². The highest BCUT2D eigenvalue weighted by Gasteiger charge is 2.35. The molecule has 0 radical (unpaired) electrons. The van der Waals surface area contributed by atoms with Crippen molar-refractivity contribution in [2.75, 3.05) is 0 Å². The number of alkyl halides is 1. The van der Waals surface area contributed by atoms with Crippen LogP contribution in [0.15, 0.2) is 0 Å². The lowest BCUT2D eigenvalue weighted by Gasteiger charge is -2.36. The molecule has 0 saturated carbocycles. The van der Waals surface area contributed by atoms with Crippen molar-refractivity contribution < 1.29 is 14.3 Å². The van der Waals surface area contributed by atoms with Gasteiger partial charge in [0.15, 0.2) is 0 Å². The summed E-state index contributed by atoms with van der Waals surface area (Å²) >= 11 is 3.51. The van der Waals surface area contributed by atoms with Crippen molar-refractivity contribution in [3.05, 3.63) is 0 Å². The van der Waals surface area contributed by atoms with Crippen molar-refractivity contribution in [2.45, 2.75) is 43.3 Å². The van der Waals surface area contributed by atoms with Crippen LogP contribution in [-0.4, -0.2) is 36.9 Å². The number of carbonyl (C=O) groups is 1. The van der Waals surface area contributed by atoms with Crippen LogP contribution in [0.25, 0.3) is 0 Å². The van der Waals surface area contributed by atoms with Crippen LogP contribution < -0.4 is 0 Å². The molecule has 4 atom stereocenters. The summed E-state index contributed by atoms with van der Waals surface area (Å²) in [4.78, 5) is 11.0. The van der Waals surface area contributed by atoms with Crippen LogP contribution in [0.2, 0.25) is 0 Å². The quantitative estimate of drug-likeness (QED) is 0.384. The minimum absolute atomic E-state index is 0.0305. The first-order valence-electron chi connectivity index (χ1n) is 4.47. The first-order chi connectivity index (χ1) is 6.00. The van der Waals surface area contributed by atoms with Crippen molar-refractivity contribution in [3.63, 3.8) is 0 Å². The Morgan fingerprint density at radius 3 is 2.77 bits per heavy atom. The van der Waals surface area contributed by atoms with E-state index in [2.05, 4.69) is 15.9 Å². The molecule has 0 spiro atoms. The van der Waals surface area contributed by atoms with Gasteiger partial charge in [0.2, 0.25) is 0 Å². The first kappa shape index (κ1) is 11.1. The molecule has 1 rings (SSSR count). The van der Waals surface area contributed by atoms with Gasteiger partial charge < -0.3 is 9.47 Å². The van der Waals surface area contributed by atoms with Gasteiger partial charge >= 0.3 is 5.97 Å². The SMILES string of the molecule is BC1CC(Br)C(OC(C)=O)C(C)O1. The number of rotatable bonds is 1. The summed E-state index contributed by atoms with van der Waals surface area (Å²) in [6.07, 6.45) is 0.688. The second kappa shape index (κ2) is 4.46. The van der Waals surface area contributed by atoms with Crippen LogP contribution in [0.1, 0.15) is 20.3 Å². The molecule has 1 aliphatic heterocycles. The number of hydrogen-bond acceptors (Lipinski definition) is 3. The standard InChI is InChI=1S/C8H14BBrO3/c1-4-8(13-5(2)11)6(10)3-7(9)12-4/h4,6-8H,3,9H2,1-2H3. The molecule has 1 aliphatic rings. The zero-order chi connectivity index (χ0) is 10.0. The van der Waals surface area contributed by atoms with Crippen LogP contribution in [0.3, 0.4) is 0 Å². The maximum absolute atomic E-state index is 10.8. The van der Waals surface area contributed by atoms with E-state index in [-0.39, 0.29) is 29.0 Å². The number of carbonyl (C=O) groups excluding carboxylic acids is 1. The van der Waals surface area contributed by atoms with Crippen molar-refractivity contribution in [2.24, 2.45) is 0 Å². The molecule has 1 fully saturated rings. The summed E-state index contributed by atoms with van der Waals surface area (Å²) < 4.78 is 10.7. The minimum atomic E-state index is -0.251. The van der Waals surface area contributed by atoms with Gasteiger partial charge in [0.25, 0.3) is 0 Å². The van der Waals surface area contributed by atoms with E-state index in [1.807, 2.05) is 14.8 Å². The van der Waals surface area contributed by atoms with Gasteiger partial charge in [0, 0.05) is 12.9 Å². The van der Waals surface area contributed by atoms with Crippen LogP contribution >= 0.6 is 15.9 Å². The first-order valence-corrected chi connectivity index (χ1v) is 5.39. The second-order valence-corrected chi connectivity index (χ2v) is 4.65. The highest BCUT2D eigenvalue weighted by atomic mass is 79.9. The molecule has 5 heteroatoms. The van der Waals surface area contributed by atoms with Crippen LogP contribution in [0.4, 0.5) is 0 Å². The Morgan fingerprint density at radius 1 is 1.69 bits per heavy atom. The maximum Gasteiger partial charge on any atom is 0.303 e. The van der Waals surface area contributed by atoms with Gasteiger partial charge in [-0.1, -0.05) is 15.9 Å². The van der Waals surface area contributed by atoms with Crippen molar-refractivity contribution in [3.8, 4) is 0 Å². The molecule has 0 N–H and O–H groups in total. The summed E-state index contributed by atoms with van der Waals surface area (Å²) in [6, 6.07) is 0.228. The zero-order valence-corrected chi connectivity index (χ0v) is 9.71. The summed E-state index contributed by atoms with van der Waals surface area (Å²) in [5, 5.41) is 0. The second-order valence-electron chi connectivity index (χ2n) is 3.48. The van der Waals surface area contributed by atoms with E-state index in [4.69, 9.17) is 9.47 Å². The average Bonchev–Trinajstić information content (AvgIpc) is 1.96. The van der Waals surface area contributed by atoms with Crippen molar-refractivity contribution in [1.82, 2.24) is 0 Å². The summed E-state index contributed by atoms with van der Waals surface area (Å²) in [6.45, 7) is 3.35. The Labute approximate surface area is 87.7 Å². The minimum Gasteiger partial charge on any atom is -0.459 e. The summed E-state index contributed by atoms with van der Waals surface area (Å²) in [5.41, 5.74) is 0.